The summed E-state index contributed by atoms with van der Waals surface area (Å²) < 4.78 is 30.5. The van der Waals surface area contributed by atoms with Crippen LogP contribution in [0, 0.1) is 0 Å². The van der Waals surface area contributed by atoms with Gasteiger partial charge in [-0.15, -0.1) is 0 Å². The van der Waals surface area contributed by atoms with E-state index in [4.69, 9.17) is 18.9 Å². The summed E-state index contributed by atoms with van der Waals surface area (Å²) in [7, 11) is 2.53. The lowest BCUT2D eigenvalue weighted by Crippen LogP contribution is -2.29. The SMILES string of the molecule is CC[C@H](OC(=O)c1ccccc1)[C@@H]1OC(=O)[C@H](CC(=O)OC)S1.CC[C@H](OC(=O)c1ccccc1)[C@H]1OC(=O)[C@H](CC(=O)OC)S1. The molecule has 0 amide bonds. The van der Waals surface area contributed by atoms with E-state index in [-0.39, 0.29) is 12.8 Å². The molecule has 0 radical (unpaired) electrons. The van der Waals surface area contributed by atoms with Crippen molar-refractivity contribution < 1.29 is 57.2 Å². The molecule has 14 heteroatoms. The van der Waals surface area contributed by atoms with Crippen molar-refractivity contribution in [3.8, 4) is 0 Å². The molecule has 4 rings (SSSR count). The number of hydrogen-bond acceptors (Lipinski definition) is 14. The number of rotatable bonds is 12. The Kier molecular flexibility index (Phi) is 14.4. The molecule has 0 aromatic heterocycles. The van der Waals surface area contributed by atoms with Crippen LogP contribution in [0.5, 0.6) is 0 Å². The van der Waals surface area contributed by atoms with E-state index in [1.54, 1.807) is 60.7 Å². The Morgan fingerprint density at radius 1 is 0.652 bits per heavy atom. The van der Waals surface area contributed by atoms with Crippen LogP contribution in [-0.4, -0.2) is 83.6 Å². The summed E-state index contributed by atoms with van der Waals surface area (Å²) in [6.45, 7) is 3.68. The van der Waals surface area contributed by atoms with Gasteiger partial charge in [-0.25, -0.2) is 9.59 Å². The molecule has 0 saturated carbocycles. The fourth-order valence-electron chi connectivity index (χ4n) is 4.15. The number of ether oxygens (including phenoxy) is 6. The van der Waals surface area contributed by atoms with E-state index in [1.165, 1.54) is 37.7 Å². The molecule has 46 heavy (non-hydrogen) atoms. The molecule has 0 bridgehead atoms. The van der Waals surface area contributed by atoms with Gasteiger partial charge in [0.1, 0.15) is 22.7 Å². The molecule has 2 saturated heterocycles. The molecule has 2 aliphatic heterocycles. The van der Waals surface area contributed by atoms with Gasteiger partial charge in [-0.05, 0) is 37.1 Å². The van der Waals surface area contributed by atoms with Crippen LogP contribution < -0.4 is 0 Å². The molecule has 12 nitrogen and oxygen atoms in total. The van der Waals surface area contributed by atoms with Gasteiger partial charge in [0.25, 0.3) is 0 Å². The third-order valence-electron chi connectivity index (χ3n) is 6.69. The fourth-order valence-corrected chi connectivity index (χ4v) is 6.75. The van der Waals surface area contributed by atoms with Crippen LogP contribution >= 0.6 is 23.5 Å². The zero-order chi connectivity index (χ0) is 33.6. The van der Waals surface area contributed by atoms with Gasteiger partial charge in [0.05, 0.1) is 38.2 Å². The minimum Gasteiger partial charge on any atom is -0.469 e. The number of carbonyl (C=O) groups excluding carboxylic acids is 6. The van der Waals surface area contributed by atoms with Crippen molar-refractivity contribution in [1.82, 2.24) is 0 Å². The Hall–Kier alpha value is -4.04. The van der Waals surface area contributed by atoms with Gasteiger partial charge in [-0.1, -0.05) is 73.8 Å². The molecule has 0 spiro atoms. The Morgan fingerprint density at radius 2 is 1.00 bits per heavy atom. The molecule has 0 N–H and O–H groups in total. The largest absolute Gasteiger partial charge is 0.469 e. The molecule has 2 aliphatic rings. The third-order valence-corrected chi connectivity index (χ3v) is 9.41. The van der Waals surface area contributed by atoms with Crippen LogP contribution in [0.25, 0.3) is 0 Å². The molecule has 2 heterocycles. The highest BCUT2D eigenvalue weighted by Gasteiger charge is 2.43. The molecule has 2 aromatic rings. The highest BCUT2D eigenvalue weighted by Crippen LogP contribution is 2.36. The number of carbonyl (C=O) groups is 6. The first kappa shape index (κ1) is 36.4. The smallest absolute Gasteiger partial charge is 0.338 e. The van der Waals surface area contributed by atoms with Gasteiger partial charge in [0, 0.05) is 0 Å². The predicted octanol–water partition coefficient (Wildman–Crippen LogP) is 4.34. The first-order chi connectivity index (χ1) is 22.1. The quantitative estimate of drug-likeness (QED) is 0.231. The summed E-state index contributed by atoms with van der Waals surface area (Å²) in [4.78, 5) is 70.5. The van der Waals surface area contributed by atoms with Crippen LogP contribution in [0.4, 0.5) is 0 Å². The number of benzene rings is 2. The second-order valence-electron chi connectivity index (χ2n) is 9.86. The second-order valence-corrected chi connectivity index (χ2v) is 12.5. The Balaban J connectivity index is 0.000000250. The van der Waals surface area contributed by atoms with Crippen molar-refractivity contribution >= 4 is 59.3 Å². The zero-order valence-electron chi connectivity index (χ0n) is 25.8. The lowest BCUT2D eigenvalue weighted by atomic mass is 10.2. The summed E-state index contributed by atoms with van der Waals surface area (Å²) in [6.07, 6.45) is -0.263. The molecular formula is C32H36O12S2. The number of thioether (sulfide) groups is 2. The lowest BCUT2D eigenvalue weighted by molar-refractivity contribution is -0.149. The van der Waals surface area contributed by atoms with Crippen LogP contribution in [0.15, 0.2) is 60.7 Å². The van der Waals surface area contributed by atoms with E-state index in [1.807, 2.05) is 13.8 Å². The summed E-state index contributed by atoms with van der Waals surface area (Å²) in [6, 6.07) is 17.2. The number of esters is 6. The Bertz CT molecular complexity index is 1250. The van der Waals surface area contributed by atoms with Crippen LogP contribution in [0.3, 0.4) is 0 Å². The molecule has 0 aliphatic carbocycles. The minimum atomic E-state index is -0.628. The predicted molar refractivity (Wildman–Crippen MR) is 168 cm³/mol. The summed E-state index contributed by atoms with van der Waals surface area (Å²) in [5.74, 6) is -2.86. The summed E-state index contributed by atoms with van der Waals surface area (Å²) in [5.41, 5.74) is -0.359. The Labute approximate surface area is 275 Å². The average Bonchev–Trinajstić information content (AvgIpc) is 3.63. The molecular weight excluding hydrogens is 640 g/mol. The second kappa shape index (κ2) is 18.2. The standard InChI is InChI=1S/2C16H18O6S/c2*1-3-11(21-14(18)10-7-5-4-6-8-10)16-22-15(19)12(23-16)9-13(17)20-2/h2*4-8,11-12,16H,3,9H2,1-2H3/t11-,12-,16+;11-,12-,16-/m00/s1. The molecule has 248 valence electrons. The highest BCUT2D eigenvalue weighted by atomic mass is 32.2. The molecule has 2 aromatic carbocycles. The van der Waals surface area contributed by atoms with Gasteiger partial charge in [0.2, 0.25) is 0 Å². The fraction of sp³-hybridized carbons (Fsp3) is 0.438. The van der Waals surface area contributed by atoms with Gasteiger partial charge < -0.3 is 28.4 Å². The van der Waals surface area contributed by atoms with Gasteiger partial charge in [0.15, 0.2) is 10.9 Å². The number of hydrogen-bond donors (Lipinski definition) is 0. The van der Waals surface area contributed by atoms with Crippen molar-refractivity contribution in [3.63, 3.8) is 0 Å². The van der Waals surface area contributed by atoms with Crippen molar-refractivity contribution in [2.24, 2.45) is 0 Å². The minimum absolute atomic E-state index is 0.0560. The monoisotopic (exact) mass is 676 g/mol. The van der Waals surface area contributed by atoms with Crippen LogP contribution in [0.2, 0.25) is 0 Å². The van der Waals surface area contributed by atoms with Crippen LogP contribution in [-0.2, 0) is 47.6 Å². The number of methoxy groups -OCH3 is 2. The van der Waals surface area contributed by atoms with E-state index in [0.29, 0.717) is 24.0 Å². The van der Waals surface area contributed by atoms with Gasteiger partial charge in [-0.2, -0.15) is 0 Å². The van der Waals surface area contributed by atoms with E-state index < -0.39 is 69.4 Å². The lowest BCUT2D eigenvalue weighted by Gasteiger charge is -2.20. The first-order valence-electron chi connectivity index (χ1n) is 14.5. The van der Waals surface area contributed by atoms with E-state index in [2.05, 4.69) is 9.47 Å². The first-order valence-corrected chi connectivity index (χ1v) is 16.4. The third kappa shape index (κ3) is 10.5. The maximum absolute atomic E-state index is 12.1. The van der Waals surface area contributed by atoms with E-state index >= 15 is 0 Å². The summed E-state index contributed by atoms with van der Waals surface area (Å²) in [5, 5.41) is -1.26. The average molecular weight is 677 g/mol. The summed E-state index contributed by atoms with van der Waals surface area (Å²) >= 11 is 2.37. The van der Waals surface area contributed by atoms with Gasteiger partial charge in [-0.3, -0.25) is 19.2 Å². The van der Waals surface area contributed by atoms with Crippen LogP contribution in [0.1, 0.15) is 60.2 Å². The van der Waals surface area contributed by atoms with Crippen molar-refractivity contribution in [1.29, 1.82) is 0 Å². The Morgan fingerprint density at radius 3 is 1.30 bits per heavy atom. The van der Waals surface area contributed by atoms with E-state index in [0.717, 1.165) is 0 Å². The normalized spacial score (nSPS) is 21.4. The number of cyclic esters (lactones) is 2. The van der Waals surface area contributed by atoms with Gasteiger partial charge >= 0.3 is 35.8 Å². The molecule has 2 fully saturated rings. The molecule has 6 atom stereocenters. The highest BCUT2D eigenvalue weighted by molar-refractivity contribution is 8.01. The van der Waals surface area contributed by atoms with Crippen molar-refractivity contribution in [3.05, 3.63) is 71.8 Å². The maximum atomic E-state index is 12.1. The van der Waals surface area contributed by atoms with E-state index in [9.17, 15) is 28.8 Å². The topological polar surface area (TPSA) is 158 Å². The maximum Gasteiger partial charge on any atom is 0.338 e. The van der Waals surface area contributed by atoms with Crippen molar-refractivity contribution in [2.75, 3.05) is 14.2 Å². The zero-order valence-corrected chi connectivity index (χ0v) is 27.4. The van der Waals surface area contributed by atoms with Crippen molar-refractivity contribution in [2.45, 2.75) is 73.1 Å². The molecule has 0 unspecified atom stereocenters.